The van der Waals surface area contributed by atoms with E-state index < -0.39 is 17.5 Å². The fourth-order valence-electron chi connectivity index (χ4n) is 1.92. The number of nitrogens with zero attached hydrogens (tertiary/aromatic N) is 1. The summed E-state index contributed by atoms with van der Waals surface area (Å²) in [7, 11) is 1.57. The third kappa shape index (κ3) is 4.64. The van der Waals surface area contributed by atoms with Gasteiger partial charge in [0, 0.05) is 12.2 Å². The van der Waals surface area contributed by atoms with Gasteiger partial charge in [-0.05, 0) is 48.4 Å². The zero-order chi connectivity index (χ0) is 16.8. The number of hydrogen-bond acceptors (Lipinski definition) is 2. The minimum Gasteiger partial charge on any atom is -0.497 e. The van der Waals surface area contributed by atoms with E-state index in [4.69, 9.17) is 10.5 Å². The molecule has 0 radical (unpaired) electrons. The molecule has 0 saturated heterocycles. The largest absolute Gasteiger partial charge is 0.497 e. The van der Waals surface area contributed by atoms with Crippen LogP contribution in [0.5, 0.6) is 5.75 Å². The van der Waals surface area contributed by atoms with Crippen LogP contribution in [0.1, 0.15) is 5.56 Å². The Bertz CT molecular complexity index is 679. The Balaban J connectivity index is 1.91. The molecule has 0 amide bonds. The van der Waals surface area contributed by atoms with Gasteiger partial charge >= 0.3 is 0 Å². The van der Waals surface area contributed by atoms with Crippen LogP contribution < -0.4 is 15.8 Å². The zero-order valence-corrected chi connectivity index (χ0v) is 12.4. The van der Waals surface area contributed by atoms with E-state index in [2.05, 4.69) is 10.3 Å². The molecule has 2 aromatic carbocycles. The lowest BCUT2D eigenvalue weighted by Gasteiger charge is -2.07. The number of methoxy groups -OCH3 is 1. The molecule has 2 aromatic rings. The number of nitrogens with one attached hydrogen (secondary N) is 1. The van der Waals surface area contributed by atoms with E-state index in [1.807, 2.05) is 0 Å². The van der Waals surface area contributed by atoms with Crippen LogP contribution in [0.25, 0.3) is 0 Å². The Morgan fingerprint density at radius 3 is 2.30 bits per heavy atom. The molecule has 0 heterocycles. The van der Waals surface area contributed by atoms with Gasteiger partial charge in [-0.1, -0.05) is 0 Å². The van der Waals surface area contributed by atoms with E-state index in [0.29, 0.717) is 11.3 Å². The van der Waals surface area contributed by atoms with Gasteiger partial charge in [0.25, 0.3) is 0 Å². The maximum atomic E-state index is 13.1. The van der Waals surface area contributed by atoms with Crippen molar-refractivity contribution in [1.82, 2.24) is 0 Å². The van der Waals surface area contributed by atoms with E-state index in [-0.39, 0.29) is 18.9 Å². The van der Waals surface area contributed by atoms with Crippen LogP contribution >= 0.6 is 0 Å². The van der Waals surface area contributed by atoms with E-state index in [1.54, 1.807) is 31.4 Å². The predicted octanol–water partition coefficient (Wildman–Crippen LogP) is 3.08. The minimum absolute atomic E-state index is 0.165. The Morgan fingerprint density at radius 2 is 1.74 bits per heavy atom. The van der Waals surface area contributed by atoms with Crippen molar-refractivity contribution < 1.29 is 17.9 Å². The molecule has 0 aromatic heterocycles. The quantitative estimate of drug-likeness (QED) is 0.505. The number of hydrogen-bond donors (Lipinski definition) is 2. The number of benzene rings is 2. The molecule has 7 heteroatoms. The molecule has 0 unspecified atom stereocenters. The van der Waals surface area contributed by atoms with Gasteiger partial charge in [0.05, 0.1) is 7.11 Å². The smallest absolute Gasteiger partial charge is 0.194 e. The summed E-state index contributed by atoms with van der Waals surface area (Å²) in [5, 5.41) is 2.88. The Kier molecular flexibility index (Phi) is 5.46. The number of anilines is 1. The Morgan fingerprint density at radius 1 is 1.13 bits per heavy atom. The number of ether oxygens (including phenoxy) is 1. The molecular weight excluding hydrogens is 307 g/mol. The summed E-state index contributed by atoms with van der Waals surface area (Å²) in [6, 6.07) is 8.96. The zero-order valence-electron chi connectivity index (χ0n) is 12.4. The molecule has 0 saturated carbocycles. The topological polar surface area (TPSA) is 59.6 Å². The van der Waals surface area contributed by atoms with E-state index in [0.717, 1.165) is 17.8 Å². The van der Waals surface area contributed by atoms with Crippen molar-refractivity contribution in [3.05, 3.63) is 59.4 Å². The fraction of sp³-hybridized carbons (Fsp3) is 0.188. The number of halogens is 3. The lowest BCUT2D eigenvalue weighted by molar-refractivity contribution is 0.415. The molecule has 3 N–H and O–H groups in total. The summed E-state index contributed by atoms with van der Waals surface area (Å²) in [5.74, 6) is -3.02. The van der Waals surface area contributed by atoms with Crippen molar-refractivity contribution in [1.29, 1.82) is 0 Å². The highest BCUT2D eigenvalue weighted by Crippen LogP contribution is 2.15. The predicted molar refractivity (Wildman–Crippen MR) is 83.1 cm³/mol. The summed E-state index contributed by atoms with van der Waals surface area (Å²) in [4.78, 5) is 4.05. The monoisotopic (exact) mass is 323 g/mol. The van der Waals surface area contributed by atoms with E-state index in [9.17, 15) is 13.2 Å². The molecule has 0 aliphatic rings. The molecular formula is C16H16F3N3O. The van der Waals surface area contributed by atoms with Crippen LogP contribution in [0.15, 0.2) is 41.4 Å². The first-order valence-corrected chi connectivity index (χ1v) is 6.84. The molecule has 0 aliphatic carbocycles. The SMILES string of the molecule is COc1ccc(NC(N)=NCCc2cc(F)c(F)c(F)c2)cc1. The molecule has 0 atom stereocenters. The second-order valence-corrected chi connectivity index (χ2v) is 4.74. The van der Waals surface area contributed by atoms with Crippen molar-refractivity contribution in [2.45, 2.75) is 6.42 Å². The van der Waals surface area contributed by atoms with Gasteiger partial charge in [-0.25, -0.2) is 13.2 Å². The van der Waals surface area contributed by atoms with Crippen LogP contribution in [0, 0.1) is 17.5 Å². The summed E-state index contributed by atoms with van der Waals surface area (Å²) in [5.41, 5.74) is 6.76. The van der Waals surface area contributed by atoms with Gasteiger partial charge < -0.3 is 15.8 Å². The molecule has 4 nitrogen and oxygen atoms in total. The second kappa shape index (κ2) is 7.53. The van der Waals surface area contributed by atoms with Crippen LogP contribution in [-0.4, -0.2) is 19.6 Å². The molecule has 2 rings (SSSR count). The highest BCUT2D eigenvalue weighted by molar-refractivity contribution is 5.92. The van der Waals surface area contributed by atoms with Gasteiger partial charge in [-0.2, -0.15) is 0 Å². The summed E-state index contributed by atoms with van der Waals surface area (Å²) in [6.45, 7) is 0.208. The average molecular weight is 323 g/mol. The average Bonchev–Trinajstić information content (AvgIpc) is 2.53. The van der Waals surface area contributed by atoms with Crippen molar-refractivity contribution in [3.8, 4) is 5.75 Å². The highest BCUT2D eigenvalue weighted by Gasteiger charge is 2.10. The summed E-state index contributed by atoms with van der Waals surface area (Å²) >= 11 is 0. The van der Waals surface area contributed by atoms with Crippen molar-refractivity contribution in [2.75, 3.05) is 19.0 Å². The first kappa shape index (κ1) is 16.7. The molecule has 122 valence electrons. The summed E-state index contributed by atoms with van der Waals surface area (Å²) in [6.07, 6.45) is 0.235. The van der Waals surface area contributed by atoms with Crippen LogP contribution in [0.2, 0.25) is 0 Å². The number of aliphatic imine (C=N–C) groups is 1. The first-order valence-electron chi connectivity index (χ1n) is 6.84. The van der Waals surface area contributed by atoms with Crippen molar-refractivity contribution in [2.24, 2.45) is 10.7 Å². The minimum atomic E-state index is -1.47. The molecule has 23 heavy (non-hydrogen) atoms. The molecule has 0 aliphatic heterocycles. The van der Waals surface area contributed by atoms with Gasteiger partial charge in [0.15, 0.2) is 23.4 Å². The standard InChI is InChI=1S/C16H16F3N3O/c1-23-12-4-2-11(3-5-12)22-16(20)21-7-6-10-8-13(17)15(19)14(18)9-10/h2-5,8-9H,6-7H2,1H3,(H3,20,21,22). The molecule has 0 bridgehead atoms. The van der Waals surface area contributed by atoms with Crippen LogP contribution in [0.4, 0.5) is 18.9 Å². The van der Waals surface area contributed by atoms with E-state index in [1.165, 1.54) is 0 Å². The number of guanidine groups is 1. The van der Waals surface area contributed by atoms with Crippen LogP contribution in [-0.2, 0) is 6.42 Å². The van der Waals surface area contributed by atoms with Crippen molar-refractivity contribution in [3.63, 3.8) is 0 Å². The van der Waals surface area contributed by atoms with E-state index >= 15 is 0 Å². The Hall–Kier alpha value is -2.70. The highest BCUT2D eigenvalue weighted by atomic mass is 19.2. The number of rotatable bonds is 5. The normalized spacial score (nSPS) is 11.4. The van der Waals surface area contributed by atoms with Gasteiger partial charge in [0.2, 0.25) is 0 Å². The van der Waals surface area contributed by atoms with Gasteiger partial charge in [-0.3, -0.25) is 4.99 Å². The maximum Gasteiger partial charge on any atom is 0.194 e. The Labute approximate surface area is 131 Å². The lowest BCUT2D eigenvalue weighted by atomic mass is 10.1. The fourth-order valence-corrected chi connectivity index (χ4v) is 1.92. The third-order valence-electron chi connectivity index (χ3n) is 3.09. The van der Waals surface area contributed by atoms with Gasteiger partial charge in [0.1, 0.15) is 5.75 Å². The third-order valence-corrected chi connectivity index (χ3v) is 3.09. The van der Waals surface area contributed by atoms with Gasteiger partial charge in [-0.15, -0.1) is 0 Å². The maximum absolute atomic E-state index is 13.1. The first-order chi connectivity index (χ1) is 11.0. The molecule has 0 spiro atoms. The summed E-state index contributed by atoms with van der Waals surface area (Å²) < 4.78 is 44.0. The molecule has 0 fully saturated rings. The number of nitrogens with two attached hydrogens (primary N) is 1. The lowest BCUT2D eigenvalue weighted by Crippen LogP contribution is -2.23. The second-order valence-electron chi connectivity index (χ2n) is 4.74. The van der Waals surface area contributed by atoms with Crippen LogP contribution in [0.3, 0.4) is 0 Å². The van der Waals surface area contributed by atoms with Crippen molar-refractivity contribution >= 4 is 11.6 Å².